The van der Waals surface area contributed by atoms with Crippen molar-refractivity contribution < 1.29 is 22.8 Å². The lowest BCUT2D eigenvalue weighted by Crippen LogP contribution is -2.51. The molecular formula is C27H33N3O5S. The molecule has 2 aromatic carbocycles. The molecule has 0 radical (unpaired) electrons. The Kier molecular flexibility index (Phi) is 8.08. The van der Waals surface area contributed by atoms with Crippen LogP contribution in [0.4, 0.5) is 0 Å². The summed E-state index contributed by atoms with van der Waals surface area (Å²) in [6, 6.07) is 15.1. The smallest absolute Gasteiger partial charge is 0.269 e. The van der Waals surface area contributed by atoms with Crippen LogP contribution in [0, 0.1) is 0 Å². The number of carbonyl (C=O) groups is 3. The van der Waals surface area contributed by atoms with Crippen LogP contribution in [0.2, 0.25) is 0 Å². The highest BCUT2D eigenvalue weighted by Crippen LogP contribution is 2.30. The number of fused-ring (bicyclic) bond motifs is 1. The van der Waals surface area contributed by atoms with Crippen molar-refractivity contribution in [2.24, 2.45) is 0 Å². The number of rotatable bonds is 9. The van der Waals surface area contributed by atoms with Gasteiger partial charge < -0.3 is 10.2 Å². The fourth-order valence-corrected chi connectivity index (χ4v) is 6.50. The minimum absolute atomic E-state index is 0.0383. The zero-order chi connectivity index (χ0) is 25.7. The Morgan fingerprint density at radius 1 is 1.03 bits per heavy atom. The van der Waals surface area contributed by atoms with E-state index in [1.165, 1.54) is 23.5 Å². The lowest BCUT2D eigenvalue weighted by Gasteiger charge is -2.31. The Labute approximate surface area is 212 Å². The molecule has 3 amide bonds. The summed E-state index contributed by atoms with van der Waals surface area (Å²) in [5.41, 5.74) is 1.15. The topological polar surface area (TPSA) is 104 Å². The Hall–Kier alpha value is -3.20. The number of hydrogen-bond donors (Lipinski definition) is 1. The number of carbonyl (C=O) groups excluding carboxylic acids is 3. The summed E-state index contributed by atoms with van der Waals surface area (Å²) in [5, 5.41) is 3.09. The maximum atomic E-state index is 13.4. The van der Waals surface area contributed by atoms with Gasteiger partial charge in [0.1, 0.15) is 10.9 Å². The molecule has 0 saturated heterocycles. The van der Waals surface area contributed by atoms with Crippen molar-refractivity contribution in [1.82, 2.24) is 14.5 Å². The molecule has 36 heavy (non-hydrogen) atoms. The summed E-state index contributed by atoms with van der Waals surface area (Å²) in [5.74, 6) is -1.20. The van der Waals surface area contributed by atoms with E-state index < -0.39 is 22.0 Å². The normalized spacial score (nSPS) is 17.9. The molecule has 9 heteroatoms. The third-order valence-corrected chi connectivity index (χ3v) is 8.88. The molecule has 8 nitrogen and oxygen atoms in total. The van der Waals surface area contributed by atoms with E-state index in [1.54, 1.807) is 19.1 Å². The molecule has 1 atom stereocenters. The van der Waals surface area contributed by atoms with E-state index in [9.17, 15) is 22.8 Å². The quantitative estimate of drug-likeness (QED) is 0.557. The minimum atomic E-state index is -3.99. The van der Waals surface area contributed by atoms with Gasteiger partial charge in [-0.1, -0.05) is 61.7 Å². The van der Waals surface area contributed by atoms with Crippen LogP contribution < -0.4 is 5.32 Å². The van der Waals surface area contributed by atoms with Crippen molar-refractivity contribution in [2.45, 2.75) is 68.8 Å². The van der Waals surface area contributed by atoms with E-state index in [0.717, 1.165) is 35.6 Å². The molecule has 2 aromatic rings. The first-order valence-electron chi connectivity index (χ1n) is 12.6. The SMILES string of the molecule is CC(C(=O)NC1CCCCC1)N(CCc1ccccc1)C(=O)CCN1C(=O)c2ccccc2S1(=O)=O. The fraction of sp³-hybridized carbons (Fsp3) is 0.444. The van der Waals surface area contributed by atoms with Gasteiger partial charge in [0.15, 0.2) is 0 Å². The first-order valence-corrected chi connectivity index (χ1v) is 14.0. The van der Waals surface area contributed by atoms with Gasteiger partial charge in [-0.2, -0.15) is 0 Å². The lowest BCUT2D eigenvalue weighted by atomic mass is 9.95. The highest BCUT2D eigenvalue weighted by molar-refractivity contribution is 7.90. The predicted octanol–water partition coefficient (Wildman–Crippen LogP) is 3.13. The first-order chi connectivity index (χ1) is 17.3. The third-order valence-electron chi connectivity index (χ3n) is 7.04. The average Bonchev–Trinajstić information content (AvgIpc) is 3.08. The minimum Gasteiger partial charge on any atom is -0.352 e. The van der Waals surface area contributed by atoms with Gasteiger partial charge in [-0.05, 0) is 43.9 Å². The second-order valence-electron chi connectivity index (χ2n) is 9.47. The van der Waals surface area contributed by atoms with Gasteiger partial charge in [0.05, 0.1) is 5.56 Å². The van der Waals surface area contributed by atoms with Crippen LogP contribution in [0.15, 0.2) is 59.5 Å². The summed E-state index contributed by atoms with van der Waals surface area (Å²) >= 11 is 0. The molecule has 192 valence electrons. The number of hydrogen-bond acceptors (Lipinski definition) is 5. The summed E-state index contributed by atoms with van der Waals surface area (Å²) in [7, 11) is -3.99. The van der Waals surface area contributed by atoms with Gasteiger partial charge >= 0.3 is 0 Å². The Morgan fingerprint density at radius 3 is 2.39 bits per heavy atom. The number of sulfonamides is 1. The van der Waals surface area contributed by atoms with E-state index in [1.807, 2.05) is 30.3 Å². The van der Waals surface area contributed by atoms with Crippen LogP contribution in [0.25, 0.3) is 0 Å². The molecule has 1 saturated carbocycles. The second-order valence-corrected chi connectivity index (χ2v) is 11.3. The Morgan fingerprint density at radius 2 is 1.69 bits per heavy atom. The highest BCUT2D eigenvalue weighted by atomic mass is 32.2. The fourth-order valence-electron chi connectivity index (χ4n) is 4.93. The van der Waals surface area contributed by atoms with Gasteiger partial charge in [-0.25, -0.2) is 12.7 Å². The van der Waals surface area contributed by atoms with Crippen LogP contribution in [-0.2, 0) is 26.0 Å². The van der Waals surface area contributed by atoms with E-state index in [2.05, 4.69) is 5.32 Å². The van der Waals surface area contributed by atoms with Crippen molar-refractivity contribution in [1.29, 1.82) is 0 Å². The third kappa shape index (κ3) is 5.61. The monoisotopic (exact) mass is 511 g/mol. The molecule has 1 unspecified atom stereocenters. The van der Waals surface area contributed by atoms with Gasteiger partial charge in [-0.3, -0.25) is 14.4 Å². The van der Waals surface area contributed by atoms with Gasteiger partial charge in [0, 0.05) is 25.6 Å². The molecule has 0 bridgehead atoms. The summed E-state index contributed by atoms with van der Waals surface area (Å²) in [6.07, 6.45) is 5.56. The zero-order valence-corrected chi connectivity index (χ0v) is 21.4. The van der Waals surface area contributed by atoms with Gasteiger partial charge in [-0.15, -0.1) is 0 Å². The Bertz CT molecular complexity index is 1210. The zero-order valence-electron chi connectivity index (χ0n) is 20.6. The second kappa shape index (κ2) is 11.2. The van der Waals surface area contributed by atoms with Gasteiger partial charge in [0.25, 0.3) is 15.9 Å². The molecule has 2 aliphatic rings. The molecule has 1 aliphatic heterocycles. The van der Waals surface area contributed by atoms with Crippen LogP contribution in [0.3, 0.4) is 0 Å². The highest BCUT2D eigenvalue weighted by Gasteiger charge is 2.41. The van der Waals surface area contributed by atoms with Crippen molar-refractivity contribution in [2.75, 3.05) is 13.1 Å². The molecule has 1 aliphatic carbocycles. The summed E-state index contributed by atoms with van der Waals surface area (Å²) in [4.78, 5) is 40.6. The van der Waals surface area contributed by atoms with Crippen LogP contribution >= 0.6 is 0 Å². The van der Waals surface area contributed by atoms with Crippen molar-refractivity contribution in [3.05, 3.63) is 65.7 Å². The molecule has 1 heterocycles. The average molecular weight is 512 g/mol. The standard InChI is InChI=1S/C27H33N3O5S/c1-20(26(32)28-22-12-6-3-7-13-22)29(18-16-21-10-4-2-5-11-21)25(31)17-19-30-27(33)23-14-8-9-15-24(23)36(30,34)35/h2,4-5,8-11,14-15,20,22H,3,6-7,12-13,16-19H2,1H3,(H,28,32). The summed E-state index contributed by atoms with van der Waals surface area (Å²) < 4.78 is 26.5. The first kappa shape index (κ1) is 25.9. The van der Waals surface area contributed by atoms with Crippen LogP contribution in [0.5, 0.6) is 0 Å². The van der Waals surface area contributed by atoms with Crippen LogP contribution in [0.1, 0.15) is 61.4 Å². The summed E-state index contributed by atoms with van der Waals surface area (Å²) in [6.45, 7) is 1.74. The maximum absolute atomic E-state index is 13.4. The van der Waals surface area contributed by atoms with E-state index in [-0.39, 0.29) is 41.3 Å². The molecule has 4 rings (SSSR count). The number of nitrogens with one attached hydrogen (secondary N) is 1. The van der Waals surface area contributed by atoms with E-state index in [0.29, 0.717) is 13.0 Å². The number of amides is 3. The number of nitrogens with zero attached hydrogens (tertiary/aromatic N) is 2. The molecule has 1 fully saturated rings. The van der Waals surface area contributed by atoms with Crippen molar-refractivity contribution in [3.63, 3.8) is 0 Å². The molecule has 0 spiro atoms. The van der Waals surface area contributed by atoms with Crippen LogP contribution in [-0.4, -0.2) is 60.5 Å². The Balaban J connectivity index is 1.45. The predicted molar refractivity (Wildman–Crippen MR) is 136 cm³/mol. The van der Waals surface area contributed by atoms with E-state index in [4.69, 9.17) is 0 Å². The maximum Gasteiger partial charge on any atom is 0.269 e. The van der Waals surface area contributed by atoms with Gasteiger partial charge in [0.2, 0.25) is 11.8 Å². The molecule has 1 N–H and O–H groups in total. The van der Waals surface area contributed by atoms with E-state index >= 15 is 0 Å². The van der Waals surface area contributed by atoms with Crippen molar-refractivity contribution >= 4 is 27.7 Å². The molecule has 0 aromatic heterocycles. The largest absolute Gasteiger partial charge is 0.352 e. The molecular weight excluding hydrogens is 478 g/mol. The number of benzene rings is 2. The van der Waals surface area contributed by atoms with Crippen molar-refractivity contribution in [3.8, 4) is 0 Å². The lowest BCUT2D eigenvalue weighted by molar-refractivity contribution is -0.140.